The first-order valence-electron chi connectivity index (χ1n) is 5.51. The third-order valence-electron chi connectivity index (χ3n) is 2.52. The summed E-state index contributed by atoms with van der Waals surface area (Å²) in [5.74, 6) is -1.67. The third kappa shape index (κ3) is 3.31. The van der Waals surface area contributed by atoms with E-state index >= 15 is 0 Å². The molecule has 1 heterocycles. The Morgan fingerprint density at radius 2 is 1.90 bits per heavy atom. The molecule has 9 heteroatoms. The molecule has 2 rings (SSSR count). The lowest BCUT2D eigenvalue weighted by Gasteiger charge is -2.08. The second kappa shape index (κ2) is 5.97. The van der Waals surface area contributed by atoms with Gasteiger partial charge in [0.05, 0.1) is 15.0 Å². The number of hydrogen-bond acceptors (Lipinski definition) is 5. The van der Waals surface area contributed by atoms with Gasteiger partial charge in [-0.25, -0.2) is 0 Å². The van der Waals surface area contributed by atoms with Crippen LogP contribution in [0.5, 0.6) is 5.75 Å². The van der Waals surface area contributed by atoms with Crippen molar-refractivity contribution in [2.45, 2.75) is 0 Å². The van der Waals surface area contributed by atoms with Gasteiger partial charge in [0, 0.05) is 0 Å². The van der Waals surface area contributed by atoms with Gasteiger partial charge < -0.3 is 10.8 Å². The first kappa shape index (κ1) is 15.7. The number of carbonyl (C=O) groups excluding carboxylic acids is 3. The van der Waals surface area contributed by atoms with E-state index < -0.39 is 23.6 Å². The van der Waals surface area contributed by atoms with E-state index in [1.807, 2.05) is 0 Å². The summed E-state index contributed by atoms with van der Waals surface area (Å²) < 4.78 is 0. The lowest BCUT2D eigenvalue weighted by Crippen LogP contribution is -2.36. The average Bonchev–Trinajstić information content (AvgIpc) is 2.63. The van der Waals surface area contributed by atoms with E-state index in [4.69, 9.17) is 28.9 Å². The standard InChI is InChI=1S/C12H8Cl2N2O4S/c13-6-1-5(2-7(14)10(6)18)3-8-11(19)16(4-9(15)17)12(20)21-8/h1-3,18H,4H2,(H2,15,17)/b8-3-. The van der Waals surface area contributed by atoms with Crippen LogP contribution in [0.1, 0.15) is 5.56 Å². The van der Waals surface area contributed by atoms with Crippen molar-refractivity contribution in [2.75, 3.05) is 6.54 Å². The first-order chi connectivity index (χ1) is 9.79. The fourth-order valence-electron chi connectivity index (χ4n) is 1.61. The van der Waals surface area contributed by atoms with Crippen LogP contribution in [0.15, 0.2) is 17.0 Å². The molecule has 0 aromatic heterocycles. The van der Waals surface area contributed by atoms with Crippen molar-refractivity contribution >= 4 is 58.1 Å². The van der Waals surface area contributed by atoms with Gasteiger partial charge >= 0.3 is 0 Å². The van der Waals surface area contributed by atoms with Crippen molar-refractivity contribution in [1.29, 1.82) is 0 Å². The molecule has 1 aliphatic rings. The predicted octanol–water partition coefficient (Wildman–Crippen LogP) is 2.22. The van der Waals surface area contributed by atoms with Crippen molar-refractivity contribution in [2.24, 2.45) is 5.73 Å². The highest BCUT2D eigenvalue weighted by Crippen LogP contribution is 2.36. The summed E-state index contributed by atoms with van der Waals surface area (Å²) in [6, 6.07) is 2.79. The summed E-state index contributed by atoms with van der Waals surface area (Å²) in [4.78, 5) is 35.3. The summed E-state index contributed by atoms with van der Waals surface area (Å²) in [7, 11) is 0. The van der Waals surface area contributed by atoms with E-state index in [1.54, 1.807) is 0 Å². The Morgan fingerprint density at radius 1 is 1.33 bits per heavy atom. The van der Waals surface area contributed by atoms with E-state index in [0.29, 0.717) is 17.3 Å². The molecule has 1 aromatic rings. The van der Waals surface area contributed by atoms with E-state index in [-0.39, 0.29) is 20.7 Å². The number of benzene rings is 1. The highest BCUT2D eigenvalue weighted by Gasteiger charge is 2.35. The van der Waals surface area contributed by atoms with Crippen molar-refractivity contribution in [3.63, 3.8) is 0 Å². The predicted molar refractivity (Wildman–Crippen MR) is 80.0 cm³/mol. The zero-order valence-corrected chi connectivity index (χ0v) is 12.6. The molecule has 0 unspecified atom stereocenters. The number of rotatable bonds is 3. The minimum atomic E-state index is -0.783. The number of phenols is 1. The zero-order chi connectivity index (χ0) is 15.7. The molecule has 1 aromatic carbocycles. The molecule has 0 radical (unpaired) electrons. The first-order valence-corrected chi connectivity index (χ1v) is 7.08. The van der Waals surface area contributed by atoms with Gasteiger partial charge in [-0.3, -0.25) is 19.3 Å². The van der Waals surface area contributed by atoms with E-state index in [1.165, 1.54) is 18.2 Å². The molecule has 110 valence electrons. The maximum Gasteiger partial charge on any atom is 0.294 e. The van der Waals surface area contributed by atoms with Gasteiger partial charge in [-0.05, 0) is 35.5 Å². The molecular weight excluding hydrogens is 339 g/mol. The van der Waals surface area contributed by atoms with Crippen LogP contribution in [0.25, 0.3) is 6.08 Å². The van der Waals surface area contributed by atoms with E-state index in [2.05, 4.69) is 0 Å². The summed E-state index contributed by atoms with van der Waals surface area (Å²) in [6.45, 7) is -0.473. The Hall–Kier alpha value is -1.70. The van der Waals surface area contributed by atoms with Crippen LogP contribution in [-0.4, -0.2) is 33.6 Å². The van der Waals surface area contributed by atoms with Crippen molar-refractivity contribution in [3.8, 4) is 5.75 Å². The van der Waals surface area contributed by atoms with Crippen molar-refractivity contribution in [3.05, 3.63) is 32.6 Å². The summed E-state index contributed by atoms with van der Waals surface area (Å²) in [5, 5.41) is 8.91. The van der Waals surface area contributed by atoms with Gasteiger partial charge in [0.15, 0.2) is 5.75 Å². The molecule has 0 atom stereocenters. The maximum atomic E-state index is 12.0. The number of aromatic hydroxyl groups is 1. The fourth-order valence-corrected chi connectivity index (χ4v) is 2.95. The topological polar surface area (TPSA) is 101 Å². The van der Waals surface area contributed by atoms with Crippen LogP contribution < -0.4 is 5.73 Å². The number of carbonyl (C=O) groups is 3. The minimum absolute atomic E-state index is 0.0186. The van der Waals surface area contributed by atoms with Crippen LogP contribution in [-0.2, 0) is 9.59 Å². The fraction of sp³-hybridized carbons (Fsp3) is 0.0833. The average molecular weight is 347 g/mol. The molecule has 1 fully saturated rings. The Labute approximate surface area is 133 Å². The van der Waals surface area contributed by atoms with Gasteiger partial charge in [-0.15, -0.1) is 0 Å². The number of primary amides is 1. The molecule has 0 saturated carbocycles. The van der Waals surface area contributed by atoms with Crippen molar-refractivity contribution < 1.29 is 19.5 Å². The number of halogens is 2. The molecule has 0 bridgehead atoms. The van der Waals surface area contributed by atoms with Crippen LogP contribution in [0.2, 0.25) is 10.0 Å². The van der Waals surface area contributed by atoms with Crippen LogP contribution >= 0.6 is 35.0 Å². The molecule has 3 amide bonds. The zero-order valence-electron chi connectivity index (χ0n) is 10.3. The van der Waals surface area contributed by atoms with Gasteiger partial charge in [0.25, 0.3) is 11.1 Å². The van der Waals surface area contributed by atoms with Gasteiger partial charge in [0.1, 0.15) is 6.54 Å². The van der Waals surface area contributed by atoms with E-state index in [0.717, 1.165) is 4.90 Å². The molecular formula is C12H8Cl2N2O4S. The largest absolute Gasteiger partial charge is 0.505 e. The normalized spacial score (nSPS) is 16.9. The Bertz CT molecular complexity index is 667. The Morgan fingerprint density at radius 3 is 2.43 bits per heavy atom. The number of nitrogens with two attached hydrogens (primary N) is 1. The smallest absolute Gasteiger partial charge is 0.294 e. The second-order valence-electron chi connectivity index (χ2n) is 4.07. The van der Waals surface area contributed by atoms with Crippen LogP contribution in [0, 0.1) is 0 Å². The maximum absolute atomic E-state index is 12.0. The summed E-state index contributed by atoms with van der Waals surface area (Å²) >= 11 is 12.2. The van der Waals surface area contributed by atoms with Gasteiger partial charge in [-0.2, -0.15) is 0 Å². The molecule has 0 spiro atoms. The van der Waals surface area contributed by atoms with Gasteiger partial charge in [0.2, 0.25) is 5.91 Å². The summed E-state index contributed by atoms with van der Waals surface area (Å²) in [5.41, 5.74) is 5.41. The van der Waals surface area contributed by atoms with Crippen molar-refractivity contribution in [1.82, 2.24) is 4.90 Å². The number of thioether (sulfide) groups is 1. The number of nitrogens with zero attached hydrogens (tertiary/aromatic N) is 1. The highest BCUT2D eigenvalue weighted by atomic mass is 35.5. The number of hydrogen-bond donors (Lipinski definition) is 2. The van der Waals surface area contributed by atoms with E-state index in [9.17, 15) is 19.5 Å². The molecule has 1 saturated heterocycles. The monoisotopic (exact) mass is 346 g/mol. The Balaban J connectivity index is 2.33. The number of amides is 3. The number of imide groups is 1. The van der Waals surface area contributed by atoms with Crippen LogP contribution in [0.4, 0.5) is 4.79 Å². The third-order valence-corrected chi connectivity index (χ3v) is 4.01. The van der Waals surface area contributed by atoms with Crippen LogP contribution in [0.3, 0.4) is 0 Å². The number of phenolic OH excluding ortho intramolecular Hbond substituents is 1. The Kier molecular flexibility index (Phi) is 4.46. The second-order valence-corrected chi connectivity index (χ2v) is 5.87. The van der Waals surface area contributed by atoms with Gasteiger partial charge in [-0.1, -0.05) is 23.2 Å². The lowest BCUT2D eigenvalue weighted by molar-refractivity contribution is -0.127. The molecule has 21 heavy (non-hydrogen) atoms. The molecule has 1 aliphatic heterocycles. The molecule has 0 aliphatic carbocycles. The highest BCUT2D eigenvalue weighted by molar-refractivity contribution is 8.18. The summed E-state index contributed by atoms with van der Waals surface area (Å²) in [6.07, 6.45) is 1.39. The molecule has 6 nitrogen and oxygen atoms in total. The SMILES string of the molecule is NC(=O)CN1C(=O)S/C(=C\c2cc(Cl)c(O)c(Cl)c2)C1=O. The lowest BCUT2D eigenvalue weighted by atomic mass is 10.2. The molecule has 3 N–H and O–H groups in total. The quantitative estimate of drug-likeness (QED) is 0.817. The minimum Gasteiger partial charge on any atom is -0.505 e.